The Morgan fingerprint density at radius 3 is 2.47 bits per heavy atom. The van der Waals surface area contributed by atoms with Gasteiger partial charge in [-0.25, -0.2) is 13.4 Å². The summed E-state index contributed by atoms with van der Waals surface area (Å²) in [7, 11) is -3.84. The van der Waals surface area contributed by atoms with E-state index in [4.69, 9.17) is 9.47 Å². The summed E-state index contributed by atoms with van der Waals surface area (Å²) in [6.07, 6.45) is 0. The Morgan fingerprint density at radius 2 is 1.69 bits per heavy atom. The Hall–Kier alpha value is -3.63. The van der Waals surface area contributed by atoms with Gasteiger partial charge in [-0.15, -0.1) is 0 Å². The molecule has 0 atom stereocenters. The zero-order valence-electron chi connectivity index (χ0n) is 16.6. The summed E-state index contributed by atoms with van der Waals surface area (Å²) < 4.78 is 39.8. The van der Waals surface area contributed by atoms with Crippen LogP contribution in [-0.2, 0) is 10.0 Å². The molecule has 8 nitrogen and oxygen atoms in total. The molecule has 1 aliphatic rings. The van der Waals surface area contributed by atoms with E-state index in [2.05, 4.69) is 15.0 Å². The first-order valence-corrected chi connectivity index (χ1v) is 12.0. The summed E-state index contributed by atoms with van der Waals surface area (Å²) in [5, 5.41) is 3.27. The second-order valence-electron chi connectivity index (χ2n) is 6.93. The van der Waals surface area contributed by atoms with E-state index in [1.54, 1.807) is 18.2 Å². The van der Waals surface area contributed by atoms with Crippen molar-refractivity contribution in [3.8, 4) is 11.5 Å². The van der Waals surface area contributed by atoms with E-state index < -0.39 is 10.0 Å². The maximum absolute atomic E-state index is 12.7. The van der Waals surface area contributed by atoms with E-state index in [-0.39, 0.29) is 10.8 Å². The number of thiazole rings is 1. The summed E-state index contributed by atoms with van der Waals surface area (Å²) in [5.74, 6) is 0.574. The van der Waals surface area contributed by atoms with Crippen LogP contribution in [-0.4, -0.2) is 32.5 Å². The molecule has 0 fully saturated rings. The topological polar surface area (TPSA) is 107 Å². The number of nitrogens with zero attached hydrogens (tertiary/aromatic N) is 1. The second kappa shape index (κ2) is 8.13. The van der Waals surface area contributed by atoms with Gasteiger partial charge in [0.15, 0.2) is 16.6 Å². The highest BCUT2D eigenvalue weighted by Gasteiger charge is 2.20. The van der Waals surface area contributed by atoms with Crippen LogP contribution in [0.3, 0.4) is 0 Å². The standard InChI is InChI=1S/C22H17N3O5S2/c26-21(24-22-23-17-3-1-2-4-20(17)31-22)14-5-7-15(8-6-14)25-32(27,28)16-9-10-18-19(13-16)30-12-11-29-18/h1-10,13,25H,11-12H2,(H,23,24,26). The van der Waals surface area contributed by atoms with Crippen LogP contribution in [0.25, 0.3) is 10.2 Å². The predicted octanol–water partition coefficient (Wildman–Crippen LogP) is 4.12. The zero-order valence-corrected chi connectivity index (χ0v) is 18.2. The number of benzene rings is 3. The van der Waals surface area contributed by atoms with Gasteiger partial charge in [0.2, 0.25) is 0 Å². The molecular formula is C22H17N3O5S2. The number of amides is 1. The fourth-order valence-corrected chi connectivity index (χ4v) is 5.12. The molecule has 4 aromatic rings. The van der Waals surface area contributed by atoms with Crippen LogP contribution in [0, 0.1) is 0 Å². The number of ether oxygens (including phenoxy) is 2. The van der Waals surface area contributed by atoms with Gasteiger partial charge in [-0.1, -0.05) is 23.5 Å². The SMILES string of the molecule is O=C(Nc1nc2ccccc2s1)c1ccc(NS(=O)(=O)c2ccc3c(c2)OCCO3)cc1. The first-order chi connectivity index (χ1) is 15.5. The van der Waals surface area contributed by atoms with E-state index in [1.807, 2.05) is 24.3 Å². The maximum Gasteiger partial charge on any atom is 0.262 e. The van der Waals surface area contributed by atoms with Gasteiger partial charge in [-0.3, -0.25) is 14.8 Å². The average molecular weight is 468 g/mol. The minimum absolute atomic E-state index is 0.0550. The van der Waals surface area contributed by atoms with E-state index >= 15 is 0 Å². The highest BCUT2D eigenvalue weighted by atomic mass is 32.2. The van der Waals surface area contributed by atoms with Crippen molar-refractivity contribution >= 4 is 48.3 Å². The summed E-state index contributed by atoms with van der Waals surface area (Å²) in [6, 6.07) is 18.2. The molecule has 5 rings (SSSR count). The van der Waals surface area contributed by atoms with Crippen molar-refractivity contribution in [3.05, 3.63) is 72.3 Å². The number of hydrogen-bond acceptors (Lipinski definition) is 7. The smallest absolute Gasteiger partial charge is 0.262 e. The molecule has 2 N–H and O–H groups in total. The average Bonchev–Trinajstić information content (AvgIpc) is 3.21. The fourth-order valence-electron chi connectivity index (χ4n) is 3.19. The quantitative estimate of drug-likeness (QED) is 0.457. The van der Waals surface area contributed by atoms with Gasteiger partial charge >= 0.3 is 0 Å². The lowest BCUT2D eigenvalue weighted by atomic mass is 10.2. The number of hydrogen-bond donors (Lipinski definition) is 2. The Bertz CT molecular complexity index is 1380. The second-order valence-corrected chi connectivity index (χ2v) is 9.64. The van der Waals surface area contributed by atoms with E-state index in [0.29, 0.717) is 41.1 Å². The number of sulfonamides is 1. The third-order valence-electron chi connectivity index (χ3n) is 4.74. The Kier molecular flexibility index (Phi) is 5.16. The van der Waals surface area contributed by atoms with Crippen molar-refractivity contribution in [3.63, 3.8) is 0 Å². The summed E-state index contributed by atoms with van der Waals surface area (Å²) in [5.41, 5.74) is 1.53. The molecule has 10 heteroatoms. The molecule has 2 heterocycles. The highest BCUT2D eigenvalue weighted by molar-refractivity contribution is 7.92. The predicted molar refractivity (Wildman–Crippen MR) is 122 cm³/mol. The van der Waals surface area contributed by atoms with E-state index in [0.717, 1.165) is 10.2 Å². The molecule has 0 spiro atoms. The molecule has 0 aliphatic carbocycles. The van der Waals surface area contributed by atoms with Crippen molar-refractivity contribution in [2.75, 3.05) is 23.3 Å². The molecule has 32 heavy (non-hydrogen) atoms. The summed E-state index contributed by atoms with van der Waals surface area (Å²) in [6.45, 7) is 0.792. The van der Waals surface area contributed by atoms with Gasteiger partial charge in [0.05, 0.1) is 15.1 Å². The van der Waals surface area contributed by atoms with Crippen molar-refractivity contribution in [1.29, 1.82) is 0 Å². The summed E-state index contributed by atoms with van der Waals surface area (Å²) in [4.78, 5) is 17.0. The number of carbonyl (C=O) groups is 1. The number of aromatic nitrogens is 1. The first kappa shape index (κ1) is 20.3. The third kappa shape index (κ3) is 4.10. The van der Waals surface area contributed by atoms with Gasteiger partial charge in [0.1, 0.15) is 13.2 Å². The fraction of sp³-hybridized carbons (Fsp3) is 0.0909. The van der Waals surface area contributed by atoms with Crippen molar-refractivity contribution in [1.82, 2.24) is 4.98 Å². The molecule has 162 valence electrons. The van der Waals surface area contributed by atoms with Crippen molar-refractivity contribution in [2.45, 2.75) is 4.90 Å². The third-order valence-corrected chi connectivity index (χ3v) is 7.07. The van der Waals surface area contributed by atoms with Crippen LogP contribution >= 0.6 is 11.3 Å². The molecule has 0 radical (unpaired) electrons. The number of carbonyl (C=O) groups excluding carboxylic acids is 1. The highest BCUT2D eigenvalue weighted by Crippen LogP contribution is 2.33. The molecule has 0 saturated carbocycles. The van der Waals surface area contributed by atoms with Gasteiger partial charge < -0.3 is 9.47 Å². The van der Waals surface area contributed by atoms with Crippen LogP contribution in [0.5, 0.6) is 11.5 Å². The molecule has 1 aromatic heterocycles. The lowest BCUT2D eigenvalue weighted by Gasteiger charge is -2.19. The molecule has 3 aromatic carbocycles. The Labute approximate surface area is 187 Å². The Balaban J connectivity index is 1.29. The van der Waals surface area contributed by atoms with Crippen LogP contribution in [0.2, 0.25) is 0 Å². The molecule has 0 saturated heterocycles. The van der Waals surface area contributed by atoms with Crippen molar-refractivity contribution < 1.29 is 22.7 Å². The first-order valence-electron chi connectivity index (χ1n) is 9.67. The number of rotatable bonds is 5. The lowest BCUT2D eigenvalue weighted by molar-refractivity contribution is 0.102. The van der Waals surface area contributed by atoms with Gasteiger partial charge in [0.25, 0.3) is 15.9 Å². The molecule has 1 amide bonds. The number of nitrogens with one attached hydrogen (secondary N) is 2. The molecule has 0 bridgehead atoms. The Morgan fingerprint density at radius 1 is 0.938 bits per heavy atom. The largest absolute Gasteiger partial charge is 0.486 e. The van der Waals surface area contributed by atoms with E-state index in [9.17, 15) is 13.2 Å². The van der Waals surface area contributed by atoms with Gasteiger partial charge in [-0.05, 0) is 48.5 Å². The molecule has 0 unspecified atom stereocenters. The molecular weight excluding hydrogens is 450 g/mol. The van der Waals surface area contributed by atoms with Crippen LogP contribution < -0.4 is 19.5 Å². The van der Waals surface area contributed by atoms with Crippen LogP contribution in [0.1, 0.15) is 10.4 Å². The van der Waals surface area contributed by atoms with Gasteiger partial charge in [0, 0.05) is 17.3 Å². The molecule has 1 aliphatic heterocycles. The minimum atomic E-state index is -3.84. The lowest BCUT2D eigenvalue weighted by Crippen LogP contribution is -2.17. The monoisotopic (exact) mass is 467 g/mol. The normalized spacial score (nSPS) is 13.0. The van der Waals surface area contributed by atoms with Crippen LogP contribution in [0.4, 0.5) is 10.8 Å². The van der Waals surface area contributed by atoms with Gasteiger partial charge in [-0.2, -0.15) is 0 Å². The number of anilines is 2. The van der Waals surface area contributed by atoms with Crippen LogP contribution in [0.15, 0.2) is 71.6 Å². The zero-order chi connectivity index (χ0) is 22.1. The van der Waals surface area contributed by atoms with E-state index in [1.165, 1.54) is 35.6 Å². The van der Waals surface area contributed by atoms with Crippen molar-refractivity contribution in [2.24, 2.45) is 0 Å². The number of fused-ring (bicyclic) bond motifs is 2. The minimum Gasteiger partial charge on any atom is -0.486 e. The maximum atomic E-state index is 12.7. The summed E-state index contributed by atoms with van der Waals surface area (Å²) >= 11 is 1.38. The number of para-hydroxylation sites is 1.